The molecule has 0 spiro atoms. The van der Waals surface area contributed by atoms with Gasteiger partial charge in [-0.05, 0) is 25.3 Å². The maximum absolute atomic E-state index is 12.4. The number of ether oxygens (including phenoxy) is 3. The Morgan fingerprint density at radius 2 is 1.17 bits per heavy atom. The molecule has 30 heavy (non-hydrogen) atoms. The second-order valence-corrected chi connectivity index (χ2v) is 7.75. The van der Waals surface area contributed by atoms with Crippen molar-refractivity contribution in [3.63, 3.8) is 0 Å². The molecule has 0 aliphatic heterocycles. The largest absolute Gasteiger partial charge is 0.490 e. The summed E-state index contributed by atoms with van der Waals surface area (Å²) in [5.41, 5.74) is 0.518. The lowest BCUT2D eigenvalue weighted by atomic mass is 9.95. The molecular formula is C24H38O6. The SMILES string of the molecule is COC(=O)CCCCCCCCCCCCCCC1=CC(=O)C(OC)=C(OC)C1=O. The molecule has 0 unspecified atom stereocenters. The van der Waals surface area contributed by atoms with Gasteiger partial charge < -0.3 is 14.2 Å². The van der Waals surface area contributed by atoms with Gasteiger partial charge >= 0.3 is 5.97 Å². The normalized spacial score (nSPS) is 14.0. The third-order valence-electron chi connectivity index (χ3n) is 5.45. The van der Waals surface area contributed by atoms with E-state index < -0.39 is 0 Å². The lowest BCUT2D eigenvalue weighted by Gasteiger charge is -2.16. The molecule has 0 saturated heterocycles. The zero-order valence-electron chi connectivity index (χ0n) is 18.9. The Morgan fingerprint density at radius 1 is 0.700 bits per heavy atom. The minimum absolute atomic E-state index is 0.00700. The molecule has 0 heterocycles. The average Bonchev–Trinajstić information content (AvgIpc) is 2.75. The van der Waals surface area contributed by atoms with Crippen molar-refractivity contribution in [2.24, 2.45) is 0 Å². The predicted molar refractivity (Wildman–Crippen MR) is 116 cm³/mol. The van der Waals surface area contributed by atoms with Gasteiger partial charge in [0.15, 0.2) is 0 Å². The highest BCUT2D eigenvalue weighted by molar-refractivity contribution is 6.20. The number of hydrogen-bond donors (Lipinski definition) is 0. The molecule has 6 nitrogen and oxygen atoms in total. The van der Waals surface area contributed by atoms with E-state index in [2.05, 4.69) is 4.74 Å². The van der Waals surface area contributed by atoms with Crippen LogP contribution in [0.3, 0.4) is 0 Å². The highest BCUT2D eigenvalue weighted by Gasteiger charge is 2.30. The molecule has 0 fully saturated rings. The van der Waals surface area contributed by atoms with Crippen molar-refractivity contribution in [2.75, 3.05) is 21.3 Å². The molecule has 0 atom stereocenters. The van der Waals surface area contributed by atoms with Gasteiger partial charge in [0, 0.05) is 12.0 Å². The molecule has 0 N–H and O–H groups in total. The van der Waals surface area contributed by atoms with Crippen molar-refractivity contribution in [1.82, 2.24) is 0 Å². The van der Waals surface area contributed by atoms with Crippen LogP contribution in [0.25, 0.3) is 0 Å². The second-order valence-electron chi connectivity index (χ2n) is 7.75. The first-order chi connectivity index (χ1) is 14.5. The van der Waals surface area contributed by atoms with E-state index in [1.54, 1.807) is 0 Å². The van der Waals surface area contributed by atoms with Gasteiger partial charge in [-0.15, -0.1) is 0 Å². The maximum Gasteiger partial charge on any atom is 0.305 e. The summed E-state index contributed by atoms with van der Waals surface area (Å²) in [6.07, 6.45) is 16.4. The van der Waals surface area contributed by atoms with Crippen LogP contribution in [0.2, 0.25) is 0 Å². The van der Waals surface area contributed by atoms with Crippen LogP contribution in [0.4, 0.5) is 0 Å². The van der Waals surface area contributed by atoms with Crippen molar-refractivity contribution < 1.29 is 28.6 Å². The number of esters is 1. The summed E-state index contributed by atoms with van der Waals surface area (Å²) in [7, 11) is 4.19. The Hall–Kier alpha value is -2.11. The van der Waals surface area contributed by atoms with Crippen molar-refractivity contribution >= 4 is 17.5 Å². The molecule has 0 bridgehead atoms. The molecule has 170 valence electrons. The van der Waals surface area contributed by atoms with E-state index in [-0.39, 0.29) is 29.1 Å². The van der Waals surface area contributed by atoms with Crippen molar-refractivity contribution in [1.29, 1.82) is 0 Å². The van der Waals surface area contributed by atoms with Crippen LogP contribution in [0.5, 0.6) is 0 Å². The van der Waals surface area contributed by atoms with Crippen LogP contribution in [0, 0.1) is 0 Å². The fraction of sp³-hybridized carbons (Fsp3) is 0.708. The number of hydrogen-bond acceptors (Lipinski definition) is 6. The lowest BCUT2D eigenvalue weighted by Crippen LogP contribution is -2.21. The first-order valence-corrected chi connectivity index (χ1v) is 11.2. The minimum Gasteiger partial charge on any atom is -0.490 e. The highest BCUT2D eigenvalue weighted by Crippen LogP contribution is 2.24. The molecule has 0 amide bonds. The van der Waals surface area contributed by atoms with Crippen molar-refractivity contribution in [3.05, 3.63) is 23.2 Å². The van der Waals surface area contributed by atoms with Crippen LogP contribution in [-0.2, 0) is 28.6 Å². The summed E-state index contributed by atoms with van der Waals surface area (Å²) in [5, 5.41) is 0. The van der Waals surface area contributed by atoms with Gasteiger partial charge in [-0.2, -0.15) is 0 Å². The Morgan fingerprint density at radius 3 is 1.63 bits per heavy atom. The van der Waals surface area contributed by atoms with Crippen LogP contribution in [-0.4, -0.2) is 38.9 Å². The summed E-state index contributed by atoms with van der Waals surface area (Å²) in [5.74, 6) is -0.634. The van der Waals surface area contributed by atoms with E-state index in [4.69, 9.17) is 9.47 Å². The van der Waals surface area contributed by atoms with E-state index in [1.807, 2.05) is 0 Å². The quantitative estimate of drug-likeness (QED) is 0.182. The Kier molecular flexibility index (Phi) is 13.6. The Bertz CT molecular complexity index is 617. The summed E-state index contributed by atoms with van der Waals surface area (Å²) >= 11 is 0. The third-order valence-corrected chi connectivity index (χ3v) is 5.45. The average molecular weight is 423 g/mol. The first-order valence-electron chi connectivity index (χ1n) is 11.2. The maximum atomic E-state index is 12.4. The van der Waals surface area contributed by atoms with Crippen LogP contribution in [0.15, 0.2) is 23.2 Å². The standard InChI is InChI=1S/C24H38O6/c1-28-21(26)17-15-13-11-9-7-5-4-6-8-10-12-14-16-19-18-20(25)23(29-2)24(30-3)22(19)27/h18H,4-17H2,1-3H3. The van der Waals surface area contributed by atoms with E-state index >= 15 is 0 Å². The van der Waals surface area contributed by atoms with Gasteiger partial charge in [-0.1, -0.05) is 64.2 Å². The molecule has 0 aromatic carbocycles. The molecule has 1 rings (SSSR count). The van der Waals surface area contributed by atoms with Crippen LogP contribution < -0.4 is 0 Å². The molecular weight excluding hydrogens is 384 g/mol. The molecule has 0 aromatic heterocycles. The molecule has 0 saturated carbocycles. The fourth-order valence-corrected chi connectivity index (χ4v) is 3.67. The molecule has 1 aliphatic carbocycles. The molecule has 0 aromatic rings. The van der Waals surface area contributed by atoms with Gasteiger partial charge in [0.25, 0.3) is 0 Å². The van der Waals surface area contributed by atoms with E-state index in [0.29, 0.717) is 18.4 Å². The summed E-state index contributed by atoms with van der Waals surface area (Å²) in [6.45, 7) is 0. The zero-order valence-corrected chi connectivity index (χ0v) is 18.9. The summed E-state index contributed by atoms with van der Waals surface area (Å²) < 4.78 is 14.7. The van der Waals surface area contributed by atoms with E-state index in [0.717, 1.165) is 32.1 Å². The fourth-order valence-electron chi connectivity index (χ4n) is 3.67. The topological polar surface area (TPSA) is 78.9 Å². The molecule has 1 aliphatic rings. The monoisotopic (exact) mass is 422 g/mol. The summed E-state index contributed by atoms with van der Waals surface area (Å²) in [6, 6.07) is 0. The smallest absolute Gasteiger partial charge is 0.305 e. The summed E-state index contributed by atoms with van der Waals surface area (Å²) in [4.78, 5) is 35.4. The zero-order chi connectivity index (χ0) is 22.2. The van der Waals surface area contributed by atoms with Gasteiger partial charge in [0.2, 0.25) is 23.1 Å². The van der Waals surface area contributed by atoms with Gasteiger partial charge in [-0.3, -0.25) is 14.4 Å². The molecule has 6 heteroatoms. The number of carbonyl (C=O) groups is 3. The Balaban J connectivity index is 2.00. The second kappa shape index (κ2) is 15.7. The van der Waals surface area contributed by atoms with E-state index in [1.165, 1.54) is 72.4 Å². The Labute approximate surface area is 181 Å². The number of methoxy groups -OCH3 is 3. The van der Waals surface area contributed by atoms with Crippen molar-refractivity contribution in [2.45, 2.75) is 89.9 Å². The lowest BCUT2D eigenvalue weighted by molar-refractivity contribution is -0.140. The van der Waals surface area contributed by atoms with Gasteiger partial charge in [-0.25, -0.2) is 0 Å². The van der Waals surface area contributed by atoms with Crippen LogP contribution >= 0.6 is 0 Å². The van der Waals surface area contributed by atoms with Crippen LogP contribution in [0.1, 0.15) is 89.9 Å². The molecule has 0 radical (unpaired) electrons. The van der Waals surface area contributed by atoms with Crippen molar-refractivity contribution in [3.8, 4) is 0 Å². The number of carbonyl (C=O) groups excluding carboxylic acids is 3. The van der Waals surface area contributed by atoms with E-state index in [9.17, 15) is 14.4 Å². The number of Topliss-reactive ketones (excluding diaryl/α,β-unsaturated/α-hetero) is 1. The predicted octanol–water partition coefficient (Wildman–Crippen LogP) is 5.20. The van der Waals surface area contributed by atoms with Gasteiger partial charge in [0.1, 0.15) is 0 Å². The van der Waals surface area contributed by atoms with Gasteiger partial charge in [0.05, 0.1) is 21.3 Å². The third kappa shape index (κ3) is 9.59. The number of ketones is 2. The number of unbranched alkanes of at least 4 members (excludes halogenated alkanes) is 11. The number of allylic oxidation sites excluding steroid dienone is 2. The number of rotatable bonds is 17. The highest BCUT2D eigenvalue weighted by atomic mass is 16.5. The minimum atomic E-state index is -0.299. The first kappa shape index (κ1) is 25.9.